The highest BCUT2D eigenvalue weighted by Gasteiger charge is 2.20. The van der Waals surface area contributed by atoms with Crippen LogP contribution in [0.1, 0.15) is 30.4 Å². The van der Waals surface area contributed by atoms with Gasteiger partial charge < -0.3 is 9.67 Å². The van der Waals surface area contributed by atoms with Gasteiger partial charge in [0.1, 0.15) is 0 Å². The highest BCUT2D eigenvalue weighted by Crippen LogP contribution is 2.35. The molecule has 1 aliphatic heterocycles. The minimum atomic E-state index is -0.770. The molecule has 4 heteroatoms. The molecule has 0 amide bonds. The summed E-state index contributed by atoms with van der Waals surface area (Å²) in [6.45, 7) is 2.78. The Morgan fingerprint density at radius 2 is 2.28 bits per heavy atom. The third-order valence-electron chi connectivity index (χ3n) is 3.74. The Labute approximate surface area is 114 Å². The molecule has 94 valence electrons. The van der Waals surface area contributed by atoms with Gasteiger partial charge in [0.15, 0.2) is 0 Å². The molecule has 0 aliphatic carbocycles. The van der Waals surface area contributed by atoms with Gasteiger partial charge in [-0.25, -0.2) is 0 Å². The molecule has 0 fully saturated rings. The van der Waals surface area contributed by atoms with Gasteiger partial charge in [0, 0.05) is 22.6 Å². The zero-order chi connectivity index (χ0) is 12.9. The maximum absolute atomic E-state index is 11.1. The number of rotatable bonds is 2. The van der Waals surface area contributed by atoms with Crippen LogP contribution in [0.5, 0.6) is 0 Å². The first-order valence-corrected chi connectivity index (χ1v) is 6.91. The molecule has 1 unspecified atom stereocenters. The van der Waals surface area contributed by atoms with Crippen LogP contribution >= 0.6 is 15.9 Å². The molecular weight excluding hydrogens is 294 g/mol. The standard InChI is InChI=1S/C14H14BrNO2/c1-8(14(17)18)10-5-9-3-2-4-16-7-12(15)11(6-10)13(9)16/h5-8H,2-4H2,1H3,(H,17,18). The van der Waals surface area contributed by atoms with E-state index >= 15 is 0 Å². The van der Waals surface area contributed by atoms with E-state index in [1.165, 1.54) is 11.1 Å². The van der Waals surface area contributed by atoms with Crippen LogP contribution in [0.2, 0.25) is 0 Å². The average Bonchev–Trinajstić information content (AvgIpc) is 2.67. The molecular formula is C14H14BrNO2. The minimum Gasteiger partial charge on any atom is -0.481 e. The second kappa shape index (κ2) is 4.12. The van der Waals surface area contributed by atoms with Gasteiger partial charge in [0.05, 0.1) is 11.4 Å². The van der Waals surface area contributed by atoms with Crippen LogP contribution in [0.15, 0.2) is 22.8 Å². The number of aliphatic carboxylic acids is 1. The third kappa shape index (κ3) is 1.67. The molecule has 1 atom stereocenters. The molecule has 1 aliphatic rings. The van der Waals surface area contributed by atoms with Gasteiger partial charge in [0.2, 0.25) is 0 Å². The second-order valence-corrected chi connectivity index (χ2v) is 5.76. The lowest BCUT2D eigenvalue weighted by Gasteiger charge is -2.17. The zero-order valence-corrected chi connectivity index (χ0v) is 11.7. The predicted molar refractivity (Wildman–Crippen MR) is 74.0 cm³/mol. The van der Waals surface area contributed by atoms with E-state index in [-0.39, 0.29) is 0 Å². The van der Waals surface area contributed by atoms with Gasteiger partial charge >= 0.3 is 5.97 Å². The summed E-state index contributed by atoms with van der Waals surface area (Å²) in [7, 11) is 0. The topological polar surface area (TPSA) is 42.2 Å². The van der Waals surface area contributed by atoms with Crippen molar-refractivity contribution < 1.29 is 9.90 Å². The molecule has 0 saturated carbocycles. The number of benzene rings is 1. The summed E-state index contributed by atoms with van der Waals surface area (Å²) < 4.78 is 3.31. The van der Waals surface area contributed by atoms with Gasteiger partial charge in [0.25, 0.3) is 0 Å². The van der Waals surface area contributed by atoms with E-state index in [4.69, 9.17) is 5.11 Å². The number of carboxylic acids is 1. The Bertz CT molecular complexity index is 645. The van der Waals surface area contributed by atoms with Crippen LogP contribution in [0.4, 0.5) is 0 Å². The third-order valence-corrected chi connectivity index (χ3v) is 4.37. The maximum atomic E-state index is 11.1. The van der Waals surface area contributed by atoms with E-state index in [1.54, 1.807) is 6.92 Å². The van der Waals surface area contributed by atoms with Crippen LogP contribution < -0.4 is 0 Å². The number of nitrogens with zero attached hydrogens (tertiary/aromatic N) is 1. The number of aromatic nitrogens is 1. The second-order valence-electron chi connectivity index (χ2n) is 4.91. The smallest absolute Gasteiger partial charge is 0.310 e. The van der Waals surface area contributed by atoms with Crippen molar-refractivity contribution in [3.63, 3.8) is 0 Å². The number of hydrogen-bond acceptors (Lipinski definition) is 1. The molecule has 18 heavy (non-hydrogen) atoms. The van der Waals surface area contributed by atoms with E-state index in [9.17, 15) is 4.79 Å². The summed E-state index contributed by atoms with van der Waals surface area (Å²) in [6.07, 6.45) is 4.25. The van der Waals surface area contributed by atoms with E-state index < -0.39 is 11.9 Å². The summed E-state index contributed by atoms with van der Waals surface area (Å²) in [5, 5.41) is 10.3. The molecule has 2 heterocycles. The first kappa shape index (κ1) is 11.8. The molecule has 3 nitrogen and oxygen atoms in total. The quantitative estimate of drug-likeness (QED) is 0.922. The maximum Gasteiger partial charge on any atom is 0.310 e. The molecule has 3 rings (SSSR count). The number of aryl methyl sites for hydroxylation is 2. The molecule has 1 N–H and O–H groups in total. The molecule has 0 spiro atoms. The Morgan fingerprint density at radius 3 is 3.00 bits per heavy atom. The average molecular weight is 308 g/mol. The Hall–Kier alpha value is -1.29. The van der Waals surface area contributed by atoms with Crippen molar-refractivity contribution in [3.8, 4) is 0 Å². The van der Waals surface area contributed by atoms with Crippen molar-refractivity contribution in [1.29, 1.82) is 0 Å². The minimum absolute atomic E-state index is 0.456. The monoisotopic (exact) mass is 307 g/mol. The SMILES string of the molecule is CC(C(=O)O)c1cc2c3c(c1)c(Br)cn3CCC2. The molecule has 1 aromatic carbocycles. The first-order chi connectivity index (χ1) is 8.58. The lowest BCUT2D eigenvalue weighted by atomic mass is 9.94. The number of hydrogen-bond donors (Lipinski definition) is 1. The first-order valence-electron chi connectivity index (χ1n) is 6.12. The molecule has 0 bridgehead atoms. The van der Waals surface area contributed by atoms with Crippen molar-refractivity contribution >= 4 is 32.8 Å². The summed E-state index contributed by atoms with van der Waals surface area (Å²) in [5.41, 5.74) is 3.42. The van der Waals surface area contributed by atoms with E-state index in [2.05, 4.69) is 32.8 Å². The molecule has 1 aromatic heterocycles. The van der Waals surface area contributed by atoms with Crippen LogP contribution in [0.3, 0.4) is 0 Å². The normalized spacial score (nSPS) is 15.9. The van der Waals surface area contributed by atoms with Crippen LogP contribution in [0.25, 0.3) is 10.9 Å². The number of halogens is 1. The van der Waals surface area contributed by atoms with Crippen molar-refractivity contribution in [2.24, 2.45) is 0 Å². The summed E-state index contributed by atoms with van der Waals surface area (Å²) in [5.74, 6) is -1.23. The largest absolute Gasteiger partial charge is 0.481 e. The molecule has 2 aromatic rings. The Kier molecular flexibility index (Phi) is 2.70. The highest BCUT2D eigenvalue weighted by atomic mass is 79.9. The predicted octanol–water partition coefficient (Wildman–Crippen LogP) is 3.54. The van der Waals surface area contributed by atoms with Gasteiger partial charge in [-0.15, -0.1) is 0 Å². The molecule has 0 saturated heterocycles. The summed E-state index contributed by atoms with van der Waals surface area (Å²) in [6, 6.07) is 4.06. The Morgan fingerprint density at radius 1 is 1.50 bits per heavy atom. The highest BCUT2D eigenvalue weighted by molar-refractivity contribution is 9.10. The number of carboxylic acid groups (broad SMARTS) is 1. The van der Waals surface area contributed by atoms with E-state index in [0.717, 1.165) is 34.8 Å². The van der Waals surface area contributed by atoms with Gasteiger partial charge in [-0.1, -0.05) is 6.07 Å². The van der Waals surface area contributed by atoms with Crippen LogP contribution in [-0.4, -0.2) is 15.6 Å². The van der Waals surface area contributed by atoms with Crippen molar-refractivity contribution in [2.75, 3.05) is 0 Å². The van der Waals surface area contributed by atoms with Gasteiger partial charge in [-0.3, -0.25) is 4.79 Å². The van der Waals surface area contributed by atoms with E-state index in [0.29, 0.717) is 0 Å². The lowest BCUT2D eigenvalue weighted by Crippen LogP contribution is -2.10. The zero-order valence-electron chi connectivity index (χ0n) is 10.1. The summed E-state index contributed by atoms with van der Waals surface area (Å²) >= 11 is 3.57. The van der Waals surface area contributed by atoms with Crippen molar-refractivity contribution in [3.05, 3.63) is 33.9 Å². The fourth-order valence-corrected chi connectivity index (χ4v) is 3.26. The van der Waals surface area contributed by atoms with Gasteiger partial charge in [-0.2, -0.15) is 0 Å². The van der Waals surface area contributed by atoms with Crippen LogP contribution in [-0.2, 0) is 17.8 Å². The Balaban J connectivity index is 2.27. The van der Waals surface area contributed by atoms with Crippen molar-refractivity contribution in [1.82, 2.24) is 4.57 Å². The van der Waals surface area contributed by atoms with E-state index in [1.807, 2.05) is 6.07 Å². The lowest BCUT2D eigenvalue weighted by molar-refractivity contribution is -0.138. The molecule has 0 radical (unpaired) electrons. The van der Waals surface area contributed by atoms with Crippen molar-refractivity contribution in [2.45, 2.75) is 32.2 Å². The number of carbonyl (C=O) groups is 1. The van der Waals surface area contributed by atoms with Gasteiger partial charge in [-0.05, 0) is 52.9 Å². The van der Waals surface area contributed by atoms with Crippen LogP contribution in [0, 0.1) is 0 Å². The fourth-order valence-electron chi connectivity index (χ4n) is 2.71. The summed E-state index contributed by atoms with van der Waals surface area (Å²) in [4.78, 5) is 11.1. The fraction of sp³-hybridized carbons (Fsp3) is 0.357.